The molecule has 2 atom stereocenters. The molecule has 0 saturated carbocycles. The molecule has 7 rings (SSSR count). The van der Waals surface area contributed by atoms with Crippen LogP contribution >= 0.6 is 11.6 Å². The zero-order valence-electron chi connectivity index (χ0n) is 20.5. The van der Waals surface area contributed by atoms with E-state index in [2.05, 4.69) is 31.7 Å². The number of halogens is 1. The normalized spacial score (nSPS) is 20.3. The molecule has 12 heteroatoms. The maximum Gasteiger partial charge on any atom is 0.337 e. The molecule has 3 aliphatic heterocycles. The van der Waals surface area contributed by atoms with Crippen LogP contribution in [0.25, 0.3) is 27.7 Å². The largest absolute Gasteiger partial charge is 0.478 e. The van der Waals surface area contributed by atoms with E-state index in [1.165, 1.54) is 6.20 Å². The Morgan fingerprint density at radius 2 is 2.10 bits per heavy atom. The number of quaternary nitrogens is 1. The van der Waals surface area contributed by atoms with Crippen LogP contribution in [-0.4, -0.2) is 48.6 Å². The highest BCUT2D eigenvalue weighted by atomic mass is 35.5. The van der Waals surface area contributed by atoms with Gasteiger partial charge in [-0.2, -0.15) is 5.01 Å². The van der Waals surface area contributed by atoms with Gasteiger partial charge < -0.3 is 25.1 Å². The molecule has 2 unspecified atom stereocenters. The van der Waals surface area contributed by atoms with Gasteiger partial charge in [0.2, 0.25) is 0 Å². The first-order chi connectivity index (χ1) is 19.0. The van der Waals surface area contributed by atoms with E-state index in [0.717, 1.165) is 58.0 Å². The Labute approximate surface area is 227 Å². The number of hydrogen-bond acceptors (Lipinski definition) is 7. The summed E-state index contributed by atoms with van der Waals surface area (Å²) < 4.78 is 0. The van der Waals surface area contributed by atoms with E-state index in [-0.39, 0.29) is 11.6 Å². The van der Waals surface area contributed by atoms with Crippen LogP contribution in [0.15, 0.2) is 71.7 Å². The first-order valence-corrected chi connectivity index (χ1v) is 12.8. The van der Waals surface area contributed by atoms with Crippen LogP contribution in [0, 0.1) is 0 Å². The van der Waals surface area contributed by atoms with Gasteiger partial charge in [0.25, 0.3) is 0 Å². The SMILES string of the molecule is O=C(O)c1c[nH]c2ccc(-c3cnc(C4CCC5=CC(c6cc(Cl)ccc6N6C=NN[NH2+]6)=CC(O)N54)[nH]3)cc12. The van der Waals surface area contributed by atoms with Crippen molar-refractivity contribution in [1.29, 1.82) is 0 Å². The Morgan fingerprint density at radius 1 is 1.21 bits per heavy atom. The highest BCUT2D eigenvalue weighted by molar-refractivity contribution is 6.31. The van der Waals surface area contributed by atoms with Gasteiger partial charge in [-0.3, -0.25) is 0 Å². The number of nitrogens with one attached hydrogen (secondary N) is 3. The van der Waals surface area contributed by atoms with Crippen molar-refractivity contribution in [3.05, 3.63) is 88.6 Å². The number of hydrogen-bond donors (Lipinski definition) is 6. The fraction of sp³-hybridized carbons (Fsp3) is 0.148. The molecule has 1 fully saturated rings. The van der Waals surface area contributed by atoms with E-state index in [1.54, 1.807) is 18.1 Å². The number of hydrazone groups is 1. The Bertz CT molecular complexity index is 1720. The zero-order chi connectivity index (χ0) is 26.7. The number of rotatable bonds is 5. The van der Waals surface area contributed by atoms with E-state index in [1.807, 2.05) is 52.4 Å². The summed E-state index contributed by atoms with van der Waals surface area (Å²) in [6.07, 6.45) is 9.58. The Kier molecular flexibility index (Phi) is 5.44. The number of benzene rings is 2. The van der Waals surface area contributed by atoms with Crippen LogP contribution in [0.3, 0.4) is 0 Å². The van der Waals surface area contributed by atoms with E-state index >= 15 is 0 Å². The first-order valence-electron chi connectivity index (χ1n) is 12.4. The highest BCUT2D eigenvalue weighted by Crippen LogP contribution is 2.44. The number of fused-ring (bicyclic) bond motifs is 2. The van der Waals surface area contributed by atoms with Gasteiger partial charge in [-0.05, 0) is 60.9 Å². The molecule has 2 aromatic heterocycles. The molecule has 0 radical (unpaired) electrons. The number of carboxylic acid groups (broad SMARTS) is 1. The molecule has 196 valence electrons. The van der Waals surface area contributed by atoms with Gasteiger partial charge >= 0.3 is 5.97 Å². The summed E-state index contributed by atoms with van der Waals surface area (Å²) in [4.78, 5) is 24.6. The van der Waals surface area contributed by atoms with E-state index < -0.39 is 12.2 Å². The topological polar surface area (TPSA) is 149 Å². The molecule has 11 nitrogen and oxygen atoms in total. The molecule has 4 aromatic rings. The predicted molar refractivity (Wildman–Crippen MR) is 146 cm³/mol. The van der Waals surface area contributed by atoms with E-state index in [9.17, 15) is 15.0 Å². The van der Waals surface area contributed by atoms with Crippen molar-refractivity contribution in [2.45, 2.75) is 25.1 Å². The molecule has 0 spiro atoms. The lowest BCUT2D eigenvalue weighted by Crippen LogP contribution is -2.98. The van der Waals surface area contributed by atoms with Crippen LogP contribution in [0.5, 0.6) is 0 Å². The monoisotopic (exact) mass is 543 g/mol. The molecule has 3 aliphatic rings. The molecule has 39 heavy (non-hydrogen) atoms. The van der Waals surface area contributed by atoms with E-state index in [4.69, 9.17) is 11.6 Å². The Balaban J connectivity index is 1.18. The number of aromatic nitrogens is 3. The maximum absolute atomic E-state index is 11.6. The number of aliphatic hydroxyl groups is 1. The van der Waals surface area contributed by atoms with Crippen molar-refractivity contribution in [3.63, 3.8) is 0 Å². The second-order valence-electron chi connectivity index (χ2n) is 9.65. The van der Waals surface area contributed by atoms with Crippen molar-refractivity contribution in [1.82, 2.24) is 25.4 Å². The molecule has 0 amide bonds. The number of nitrogens with zero attached hydrogens (tertiary/aromatic N) is 4. The average molecular weight is 544 g/mol. The molecular formula is C27H24ClN8O3+. The number of anilines is 1. The minimum atomic E-state index is -0.978. The van der Waals surface area contributed by atoms with Crippen LogP contribution in [0.2, 0.25) is 5.02 Å². The molecule has 1 saturated heterocycles. The number of H-pyrrole nitrogens is 2. The third-order valence-corrected chi connectivity index (χ3v) is 7.65. The molecule has 7 N–H and O–H groups in total. The number of allylic oxidation sites excluding steroid dienone is 3. The Morgan fingerprint density at radius 3 is 2.92 bits per heavy atom. The van der Waals surface area contributed by atoms with Crippen molar-refractivity contribution in [3.8, 4) is 11.3 Å². The number of nitrogens with two attached hydrogens (primary N) is 1. The van der Waals surface area contributed by atoms with Gasteiger partial charge in [0.05, 0.1) is 23.5 Å². The summed E-state index contributed by atoms with van der Waals surface area (Å²) in [7, 11) is 0. The molecule has 0 bridgehead atoms. The minimum absolute atomic E-state index is 0.134. The third kappa shape index (κ3) is 3.95. The predicted octanol–water partition coefficient (Wildman–Crippen LogP) is 3.09. The number of imidazole rings is 1. The second kappa shape index (κ2) is 9.02. The first kappa shape index (κ1) is 23.5. The quantitative estimate of drug-likeness (QED) is 0.212. The van der Waals surface area contributed by atoms with Crippen LogP contribution < -0.4 is 16.1 Å². The van der Waals surface area contributed by atoms with Gasteiger partial charge in [-0.1, -0.05) is 17.7 Å². The molecule has 5 heterocycles. The maximum atomic E-state index is 11.6. The summed E-state index contributed by atoms with van der Waals surface area (Å²) in [6.45, 7) is 0. The van der Waals surface area contributed by atoms with Crippen LogP contribution in [-0.2, 0) is 0 Å². The lowest BCUT2D eigenvalue weighted by atomic mass is 9.98. The minimum Gasteiger partial charge on any atom is -0.478 e. The van der Waals surface area contributed by atoms with E-state index in [0.29, 0.717) is 10.4 Å². The fourth-order valence-corrected chi connectivity index (χ4v) is 5.77. The lowest BCUT2D eigenvalue weighted by Gasteiger charge is -2.33. The fourth-order valence-electron chi connectivity index (χ4n) is 5.60. The van der Waals surface area contributed by atoms with Gasteiger partial charge in [0.1, 0.15) is 17.7 Å². The van der Waals surface area contributed by atoms with Crippen molar-refractivity contribution < 1.29 is 20.5 Å². The number of aliphatic hydroxyl groups excluding tert-OH is 1. The standard InChI is InChI=1S/C27H23ClN8O3/c28-16-2-5-23(35-13-31-33-34-35)18(10-16)15-7-17-3-6-24(36(17)25(37)9-15)26-30-12-22(32-26)14-1-4-21-19(8-14)20(11-29-21)27(38)39/h1-2,4-5,7-13,24-25,29,33-34,37H,3,6H2,(H,30,32)(H,38,39)/p+1. The van der Waals surface area contributed by atoms with Crippen molar-refractivity contribution in [2.75, 3.05) is 5.01 Å². The second-order valence-corrected chi connectivity index (χ2v) is 10.1. The molecule has 0 aliphatic carbocycles. The number of aromatic amines is 2. The summed E-state index contributed by atoms with van der Waals surface area (Å²) >= 11 is 6.35. The smallest absolute Gasteiger partial charge is 0.337 e. The van der Waals surface area contributed by atoms with Crippen molar-refractivity contribution >= 4 is 46.1 Å². The summed E-state index contributed by atoms with van der Waals surface area (Å²) in [6, 6.07) is 11.1. The summed E-state index contributed by atoms with van der Waals surface area (Å²) in [5.41, 5.74) is 10.9. The average Bonchev–Trinajstić information content (AvgIpc) is 3.73. The van der Waals surface area contributed by atoms with Gasteiger partial charge in [-0.15, -0.1) is 16.2 Å². The van der Waals surface area contributed by atoms with Crippen molar-refractivity contribution in [2.24, 2.45) is 5.10 Å². The van der Waals surface area contributed by atoms with Crippen LogP contribution in [0.4, 0.5) is 5.69 Å². The van der Waals surface area contributed by atoms with Crippen LogP contribution in [0.1, 0.15) is 40.6 Å². The summed E-state index contributed by atoms with van der Waals surface area (Å²) in [5.74, 6) is -0.233. The number of aromatic carboxylic acids is 1. The molecule has 2 aromatic carbocycles. The van der Waals surface area contributed by atoms with Gasteiger partial charge in [0, 0.05) is 38.9 Å². The zero-order valence-corrected chi connectivity index (χ0v) is 21.2. The van der Waals surface area contributed by atoms with Gasteiger partial charge in [-0.25, -0.2) is 9.78 Å². The lowest BCUT2D eigenvalue weighted by molar-refractivity contribution is -0.703. The number of carboxylic acids is 1. The molecular weight excluding hydrogens is 520 g/mol. The van der Waals surface area contributed by atoms with Gasteiger partial charge in [0.15, 0.2) is 6.34 Å². The Hall–Kier alpha value is -4.58. The summed E-state index contributed by atoms with van der Waals surface area (Å²) in [5, 5.41) is 27.9. The third-order valence-electron chi connectivity index (χ3n) is 7.41. The highest BCUT2D eigenvalue weighted by Gasteiger charge is 2.37. The number of carbonyl (C=O) groups is 1.